The molecule has 0 amide bonds. The highest BCUT2D eigenvalue weighted by molar-refractivity contribution is 8.13. The molecule has 0 saturated heterocycles. The van der Waals surface area contributed by atoms with Gasteiger partial charge in [0, 0.05) is 25.3 Å². The number of ether oxygens (including phenoxy) is 1. The molecule has 0 aliphatic heterocycles. The largest absolute Gasteiger partial charge is 0.497 e. The van der Waals surface area contributed by atoms with E-state index in [9.17, 15) is 14.7 Å². The van der Waals surface area contributed by atoms with Crippen LogP contribution in [0.3, 0.4) is 0 Å². The fraction of sp³-hybridized carbons (Fsp3) is 0.391. The van der Waals surface area contributed by atoms with Crippen molar-refractivity contribution in [2.75, 3.05) is 19.5 Å². The van der Waals surface area contributed by atoms with Crippen LogP contribution in [0.4, 0.5) is 0 Å². The number of carbonyl (C=O) groups is 2. The summed E-state index contributed by atoms with van der Waals surface area (Å²) in [6, 6.07) is 18.2. The standard InChI is InChI=1S/C17H21NO2.C6H10O3S/c1-20-17-9-7-15(8-10-17)12-18-16(13-19)11-14-5-3-2-4-6-14;1-4(6(8)9)3-10-5(2)7/h2-10,16,18-19H,11-13H2,1H3;4H,3H2,1-2H3,(H,8,9)/t16-;/m0./s1. The fourth-order valence-corrected chi connectivity index (χ4v) is 3.05. The van der Waals surface area contributed by atoms with Crippen LogP contribution in [0.15, 0.2) is 54.6 Å². The summed E-state index contributed by atoms with van der Waals surface area (Å²) in [5.41, 5.74) is 2.41. The molecule has 0 radical (unpaired) electrons. The monoisotopic (exact) mass is 433 g/mol. The third-order valence-electron chi connectivity index (χ3n) is 4.26. The lowest BCUT2D eigenvalue weighted by atomic mass is 10.1. The Labute approximate surface area is 182 Å². The molecule has 164 valence electrons. The number of carboxylic acid groups (broad SMARTS) is 1. The van der Waals surface area contributed by atoms with E-state index in [2.05, 4.69) is 17.4 Å². The maximum atomic E-state index is 10.3. The number of benzene rings is 2. The minimum absolute atomic E-state index is 0.0342. The van der Waals surface area contributed by atoms with Gasteiger partial charge in [0.1, 0.15) is 5.75 Å². The first-order valence-corrected chi connectivity index (χ1v) is 10.7. The quantitative estimate of drug-likeness (QED) is 0.529. The van der Waals surface area contributed by atoms with E-state index in [1.807, 2.05) is 42.5 Å². The third-order valence-corrected chi connectivity index (χ3v) is 5.33. The van der Waals surface area contributed by atoms with Crippen LogP contribution in [-0.4, -0.2) is 46.8 Å². The Morgan fingerprint density at radius 1 is 1.07 bits per heavy atom. The van der Waals surface area contributed by atoms with E-state index in [1.165, 1.54) is 18.1 Å². The average Bonchev–Trinajstić information content (AvgIpc) is 2.76. The molecule has 1 unspecified atom stereocenters. The summed E-state index contributed by atoms with van der Waals surface area (Å²) in [6.07, 6.45) is 0.827. The second kappa shape index (κ2) is 14.6. The second-order valence-electron chi connectivity index (χ2n) is 6.84. The van der Waals surface area contributed by atoms with Crippen LogP contribution < -0.4 is 10.1 Å². The number of nitrogens with one attached hydrogen (secondary N) is 1. The van der Waals surface area contributed by atoms with Gasteiger partial charge in [-0.25, -0.2) is 0 Å². The zero-order chi connectivity index (χ0) is 22.4. The van der Waals surface area contributed by atoms with Gasteiger partial charge in [0.05, 0.1) is 19.6 Å². The Morgan fingerprint density at radius 3 is 2.20 bits per heavy atom. The highest BCUT2D eigenvalue weighted by Crippen LogP contribution is 2.11. The van der Waals surface area contributed by atoms with Crippen molar-refractivity contribution >= 4 is 22.8 Å². The van der Waals surface area contributed by atoms with Crippen molar-refractivity contribution < 1.29 is 24.5 Å². The number of methoxy groups -OCH3 is 1. The molecular formula is C23H31NO5S. The molecule has 30 heavy (non-hydrogen) atoms. The minimum atomic E-state index is -0.853. The van der Waals surface area contributed by atoms with Gasteiger partial charge in [-0.1, -0.05) is 61.2 Å². The van der Waals surface area contributed by atoms with E-state index < -0.39 is 11.9 Å². The molecule has 2 rings (SSSR count). The molecule has 0 aliphatic carbocycles. The number of thioether (sulfide) groups is 1. The lowest BCUT2D eigenvalue weighted by molar-refractivity contribution is -0.140. The van der Waals surface area contributed by atoms with E-state index in [1.54, 1.807) is 14.0 Å². The average molecular weight is 434 g/mol. The van der Waals surface area contributed by atoms with Gasteiger partial charge < -0.3 is 20.3 Å². The van der Waals surface area contributed by atoms with Crippen LogP contribution in [-0.2, 0) is 22.6 Å². The number of hydrogen-bond donors (Lipinski definition) is 3. The summed E-state index contributed by atoms with van der Waals surface area (Å²) in [5.74, 6) is -0.0654. The zero-order valence-electron chi connectivity index (χ0n) is 17.7. The summed E-state index contributed by atoms with van der Waals surface area (Å²) in [7, 11) is 1.66. The van der Waals surface area contributed by atoms with Crippen LogP contribution in [0.2, 0.25) is 0 Å². The zero-order valence-corrected chi connectivity index (χ0v) is 18.5. The van der Waals surface area contributed by atoms with Crippen LogP contribution in [0.1, 0.15) is 25.0 Å². The number of aliphatic carboxylic acids is 1. The van der Waals surface area contributed by atoms with Gasteiger partial charge in [0.2, 0.25) is 0 Å². The molecule has 2 aromatic rings. The molecule has 6 nitrogen and oxygen atoms in total. The maximum absolute atomic E-state index is 10.3. The van der Waals surface area contributed by atoms with Gasteiger partial charge in [0.15, 0.2) is 5.12 Å². The van der Waals surface area contributed by atoms with Crippen molar-refractivity contribution in [2.24, 2.45) is 5.92 Å². The smallest absolute Gasteiger partial charge is 0.307 e. The van der Waals surface area contributed by atoms with Crippen molar-refractivity contribution in [3.63, 3.8) is 0 Å². The predicted molar refractivity (Wildman–Crippen MR) is 121 cm³/mol. The molecule has 0 aromatic heterocycles. The van der Waals surface area contributed by atoms with Gasteiger partial charge in [-0.15, -0.1) is 0 Å². The van der Waals surface area contributed by atoms with E-state index in [-0.39, 0.29) is 17.8 Å². The molecular weight excluding hydrogens is 402 g/mol. The lowest BCUT2D eigenvalue weighted by Gasteiger charge is -2.16. The van der Waals surface area contributed by atoms with Crippen molar-refractivity contribution in [3.05, 3.63) is 65.7 Å². The molecule has 2 aromatic carbocycles. The van der Waals surface area contributed by atoms with E-state index in [4.69, 9.17) is 9.84 Å². The predicted octanol–water partition coefficient (Wildman–Crippen LogP) is 3.38. The lowest BCUT2D eigenvalue weighted by Crippen LogP contribution is -2.34. The normalized spacial score (nSPS) is 12.3. The van der Waals surface area contributed by atoms with Crippen LogP contribution in [0, 0.1) is 5.92 Å². The van der Waals surface area contributed by atoms with Crippen LogP contribution >= 0.6 is 11.8 Å². The third kappa shape index (κ3) is 11.0. The Balaban J connectivity index is 0.000000382. The van der Waals surface area contributed by atoms with Crippen LogP contribution in [0.25, 0.3) is 0 Å². The van der Waals surface area contributed by atoms with E-state index in [0.717, 1.165) is 30.5 Å². The van der Waals surface area contributed by atoms with Crippen molar-refractivity contribution in [1.82, 2.24) is 5.32 Å². The van der Waals surface area contributed by atoms with Gasteiger partial charge in [-0.2, -0.15) is 0 Å². The van der Waals surface area contributed by atoms with Gasteiger partial charge in [-0.05, 0) is 29.7 Å². The molecule has 0 bridgehead atoms. The number of carboxylic acids is 1. The molecule has 0 aliphatic rings. The Kier molecular flexibility index (Phi) is 12.5. The number of carbonyl (C=O) groups excluding carboxylic acids is 1. The Morgan fingerprint density at radius 2 is 1.70 bits per heavy atom. The highest BCUT2D eigenvalue weighted by Gasteiger charge is 2.11. The summed E-state index contributed by atoms with van der Waals surface area (Å²) >= 11 is 1.05. The molecule has 0 saturated carbocycles. The summed E-state index contributed by atoms with van der Waals surface area (Å²) < 4.78 is 5.13. The van der Waals surface area contributed by atoms with Crippen molar-refractivity contribution in [3.8, 4) is 5.75 Å². The first-order valence-electron chi connectivity index (χ1n) is 9.73. The molecule has 7 heteroatoms. The first-order chi connectivity index (χ1) is 14.3. The number of aliphatic hydroxyl groups excluding tert-OH is 1. The second-order valence-corrected chi connectivity index (χ2v) is 8.04. The fourth-order valence-electron chi connectivity index (χ4n) is 2.42. The van der Waals surface area contributed by atoms with E-state index in [0.29, 0.717) is 5.75 Å². The van der Waals surface area contributed by atoms with Gasteiger partial charge in [0.25, 0.3) is 0 Å². The maximum Gasteiger partial charge on any atom is 0.307 e. The Hall–Kier alpha value is -2.35. The SMILES string of the molecule is CC(=O)SCC(C)C(=O)O.COc1ccc(CN[C@H](CO)Cc2ccccc2)cc1. The highest BCUT2D eigenvalue weighted by atomic mass is 32.2. The summed E-state index contributed by atoms with van der Waals surface area (Å²) in [5, 5.41) is 21.2. The molecule has 3 N–H and O–H groups in total. The minimum Gasteiger partial charge on any atom is -0.497 e. The van der Waals surface area contributed by atoms with Crippen LogP contribution in [0.5, 0.6) is 5.75 Å². The van der Waals surface area contributed by atoms with Gasteiger partial charge in [-0.3, -0.25) is 9.59 Å². The van der Waals surface area contributed by atoms with Gasteiger partial charge >= 0.3 is 5.97 Å². The Bertz CT molecular complexity index is 752. The molecule has 0 heterocycles. The summed E-state index contributed by atoms with van der Waals surface area (Å²) in [4.78, 5) is 20.5. The summed E-state index contributed by atoms with van der Waals surface area (Å²) in [6.45, 7) is 3.88. The van der Waals surface area contributed by atoms with E-state index >= 15 is 0 Å². The first kappa shape index (κ1) is 25.7. The number of rotatable bonds is 10. The molecule has 0 spiro atoms. The molecule has 0 fully saturated rings. The number of hydrogen-bond acceptors (Lipinski definition) is 6. The molecule has 2 atom stereocenters. The number of aliphatic hydroxyl groups is 1. The van der Waals surface area contributed by atoms with Crippen molar-refractivity contribution in [2.45, 2.75) is 32.9 Å². The topological polar surface area (TPSA) is 95.9 Å². The van der Waals surface area contributed by atoms with Crippen molar-refractivity contribution in [1.29, 1.82) is 0 Å².